The average molecular weight is 203 g/mol. The lowest BCUT2D eigenvalue weighted by Crippen LogP contribution is -2.48. The number of aromatic amines is 1. The Morgan fingerprint density at radius 3 is 3.33 bits per heavy atom. The van der Waals surface area contributed by atoms with Gasteiger partial charge in [-0.05, 0) is 24.7 Å². The molecule has 0 aliphatic heterocycles. The monoisotopic (exact) mass is 203 g/mol. The van der Waals surface area contributed by atoms with Crippen molar-refractivity contribution in [2.45, 2.75) is 25.3 Å². The van der Waals surface area contributed by atoms with Gasteiger partial charge in [-0.3, -0.25) is 0 Å². The third-order valence-electron chi connectivity index (χ3n) is 3.72. The Morgan fingerprint density at radius 1 is 1.53 bits per heavy atom. The Bertz CT molecular complexity index is 342. The molecule has 3 nitrogen and oxygen atoms in total. The third kappa shape index (κ3) is 1.72. The van der Waals surface area contributed by atoms with Crippen LogP contribution in [0.15, 0.2) is 24.7 Å². The summed E-state index contributed by atoms with van der Waals surface area (Å²) in [5.74, 6) is 1.78. The quantitative estimate of drug-likeness (QED) is 0.728. The van der Waals surface area contributed by atoms with Crippen LogP contribution >= 0.6 is 0 Å². The van der Waals surface area contributed by atoms with Gasteiger partial charge < -0.3 is 10.3 Å². The van der Waals surface area contributed by atoms with Gasteiger partial charge >= 0.3 is 0 Å². The van der Waals surface area contributed by atoms with Gasteiger partial charge in [0, 0.05) is 30.9 Å². The van der Waals surface area contributed by atoms with Crippen molar-refractivity contribution >= 4 is 0 Å². The van der Waals surface area contributed by atoms with Gasteiger partial charge in [0.05, 0.1) is 6.33 Å². The molecule has 3 unspecified atom stereocenters. The van der Waals surface area contributed by atoms with E-state index in [2.05, 4.69) is 27.4 Å². The van der Waals surface area contributed by atoms with Crippen molar-refractivity contribution in [1.29, 1.82) is 0 Å². The zero-order chi connectivity index (χ0) is 10.1. The van der Waals surface area contributed by atoms with Gasteiger partial charge in [0.2, 0.25) is 0 Å². The summed E-state index contributed by atoms with van der Waals surface area (Å²) in [5, 5.41) is 3.63. The van der Waals surface area contributed by atoms with E-state index in [1.165, 1.54) is 18.5 Å². The SMILES string of the molecule is C1=CC2C(C1)CC2NCCc1cnc[nH]1. The van der Waals surface area contributed by atoms with Crippen LogP contribution in [-0.2, 0) is 6.42 Å². The van der Waals surface area contributed by atoms with Crippen LogP contribution in [0, 0.1) is 11.8 Å². The molecule has 0 saturated heterocycles. The standard InChI is InChI=1S/C12H17N3/c1-2-9-6-12(11(9)3-1)14-5-4-10-7-13-8-15-10/h1,3,7-9,11-12,14H,2,4-6H2,(H,13,15). The fourth-order valence-corrected chi connectivity index (χ4v) is 2.76. The molecule has 1 aromatic rings. The summed E-state index contributed by atoms with van der Waals surface area (Å²) in [4.78, 5) is 7.14. The number of rotatable bonds is 4. The Labute approximate surface area is 90.0 Å². The lowest BCUT2D eigenvalue weighted by atomic mass is 9.71. The molecule has 0 spiro atoms. The van der Waals surface area contributed by atoms with E-state index in [-0.39, 0.29) is 0 Å². The molecule has 1 fully saturated rings. The molecule has 1 heterocycles. The maximum absolute atomic E-state index is 4.01. The summed E-state index contributed by atoms with van der Waals surface area (Å²) in [6.07, 6.45) is 12.1. The number of nitrogens with one attached hydrogen (secondary N) is 2. The van der Waals surface area contributed by atoms with Crippen molar-refractivity contribution in [3.8, 4) is 0 Å². The molecule has 0 aromatic carbocycles. The maximum atomic E-state index is 4.01. The smallest absolute Gasteiger partial charge is 0.0921 e. The number of aromatic nitrogens is 2. The van der Waals surface area contributed by atoms with Crippen LogP contribution in [0.2, 0.25) is 0 Å². The highest BCUT2D eigenvalue weighted by Crippen LogP contribution is 2.42. The normalized spacial score (nSPS) is 32.7. The summed E-state index contributed by atoms with van der Waals surface area (Å²) in [6.45, 7) is 1.06. The number of H-pyrrole nitrogens is 1. The van der Waals surface area contributed by atoms with Gasteiger partial charge in [-0.1, -0.05) is 12.2 Å². The number of nitrogens with zero attached hydrogens (tertiary/aromatic N) is 1. The second kappa shape index (κ2) is 3.81. The van der Waals surface area contributed by atoms with E-state index in [4.69, 9.17) is 0 Å². The van der Waals surface area contributed by atoms with Gasteiger partial charge in [-0.25, -0.2) is 4.98 Å². The van der Waals surface area contributed by atoms with Gasteiger partial charge in [0.25, 0.3) is 0 Å². The van der Waals surface area contributed by atoms with Crippen LogP contribution in [0.1, 0.15) is 18.5 Å². The predicted molar refractivity (Wildman–Crippen MR) is 59.4 cm³/mol. The van der Waals surface area contributed by atoms with Crippen molar-refractivity contribution in [3.05, 3.63) is 30.4 Å². The molecule has 15 heavy (non-hydrogen) atoms. The highest BCUT2D eigenvalue weighted by molar-refractivity contribution is 5.13. The molecule has 2 aliphatic rings. The molecule has 0 bridgehead atoms. The summed E-state index contributed by atoms with van der Waals surface area (Å²) < 4.78 is 0. The fourth-order valence-electron chi connectivity index (χ4n) is 2.76. The van der Waals surface area contributed by atoms with Crippen molar-refractivity contribution < 1.29 is 0 Å². The van der Waals surface area contributed by atoms with Crippen molar-refractivity contribution in [2.24, 2.45) is 11.8 Å². The molecule has 1 aromatic heterocycles. The fraction of sp³-hybridized carbons (Fsp3) is 0.583. The molecule has 3 atom stereocenters. The number of hydrogen-bond acceptors (Lipinski definition) is 2. The van der Waals surface area contributed by atoms with E-state index < -0.39 is 0 Å². The molecule has 0 radical (unpaired) electrons. The van der Waals surface area contributed by atoms with E-state index in [1.54, 1.807) is 6.33 Å². The number of fused-ring (bicyclic) bond motifs is 1. The summed E-state index contributed by atoms with van der Waals surface area (Å²) in [5.41, 5.74) is 1.22. The second-order valence-electron chi connectivity index (χ2n) is 4.62. The molecule has 2 N–H and O–H groups in total. The minimum Gasteiger partial charge on any atom is -0.348 e. The largest absolute Gasteiger partial charge is 0.348 e. The van der Waals surface area contributed by atoms with Crippen LogP contribution in [0.25, 0.3) is 0 Å². The Hall–Kier alpha value is -1.09. The van der Waals surface area contributed by atoms with E-state index in [1.807, 2.05) is 6.20 Å². The van der Waals surface area contributed by atoms with E-state index >= 15 is 0 Å². The van der Waals surface area contributed by atoms with Crippen LogP contribution in [-0.4, -0.2) is 22.6 Å². The maximum Gasteiger partial charge on any atom is 0.0921 e. The van der Waals surface area contributed by atoms with Crippen molar-refractivity contribution in [1.82, 2.24) is 15.3 Å². The lowest BCUT2D eigenvalue weighted by Gasteiger charge is -2.40. The topological polar surface area (TPSA) is 40.7 Å². The molecule has 1 saturated carbocycles. The van der Waals surface area contributed by atoms with Crippen LogP contribution in [0.4, 0.5) is 0 Å². The summed E-state index contributed by atoms with van der Waals surface area (Å²) >= 11 is 0. The first-order valence-corrected chi connectivity index (χ1v) is 5.81. The Balaban J connectivity index is 1.42. The zero-order valence-electron chi connectivity index (χ0n) is 8.82. The van der Waals surface area contributed by atoms with Gasteiger partial charge in [-0.2, -0.15) is 0 Å². The lowest BCUT2D eigenvalue weighted by molar-refractivity contribution is 0.164. The predicted octanol–water partition coefficient (Wildman–Crippen LogP) is 1.51. The number of hydrogen-bond donors (Lipinski definition) is 2. The zero-order valence-corrected chi connectivity index (χ0v) is 8.82. The molecule has 3 heteroatoms. The minimum atomic E-state index is 0.733. The molecule has 2 aliphatic carbocycles. The van der Waals surface area contributed by atoms with Crippen LogP contribution < -0.4 is 5.32 Å². The molecule has 80 valence electrons. The summed E-state index contributed by atoms with van der Waals surface area (Å²) in [6, 6.07) is 0.733. The number of allylic oxidation sites excluding steroid dienone is 1. The highest BCUT2D eigenvalue weighted by Gasteiger charge is 2.40. The Morgan fingerprint density at radius 2 is 2.53 bits per heavy atom. The van der Waals surface area contributed by atoms with Crippen molar-refractivity contribution in [3.63, 3.8) is 0 Å². The first-order chi connectivity index (χ1) is 7.43. The molecular formula is C12H17N3. The minimum absolute atomic E-state index is 0.733. The van der Waals surface area contributed by atoms with Crippen LogP contribution in [0.3, 0.4) is 0 Å². The van der Waals surface area contributed by atoms with Crippen LogP contribution in [0.5, 0.6) is 0 Å². The van der Waals surface area contributed by atoms with Crippen molar-refractivity contribution in [2.75, 3.05) is 6.54 Å². The molecule has 3 rings (SSSR count). The Kier molecular flexibility index (Phi) is 2.33. The van der Waals surface area contributed by atoms with E-state index in [9.17, 15) is 0 Å². The summed E-state index contributed by atoms with van der Waals surface area (Å²) in [7, 11) is 0. The average Bonchev–Trinajstić information content (AvgIpc) is 2.82. The highest BCUT2D eigenvalue weighted by atomic mass is 14.9. The first-order valence-electron chi connectivity index (χ1n) is 5.81. The van der Waals surface area contributed by atoms with Gasteiger partial charge in [-0.15, -0.1) is 0 Å². The second-order valence-corrected chi connectivity index (χ2v) is 4.62. The van der Waals surface area contributed by atoms with E-state index in [0.29, 0.717) is 0 Å². The van der Waals surface area contributed by atoms with Gasteiger partial charge in [0.1, 0.15) is 0 Å². The molecule has 0 amide bonds. The third-order valence-corrected chi connectivity index (χ3v) is 3.72. The number of imidazole rings is 1. The van der Waals surface area contributed by atoms with Gasteiger partial charge in [0.15, 0.2) is 0 Å². The molecular weight excluding hydrogens is 186 g/mol. The first kappa shape index (κ1) is 9.16. The van der Waals surface area contributed by atoms with E-state index in [0.717, 1.165) is 30.8 Å².